The molecule has 110 valence electrons. The van der Waals surface area contributed by atoms with Crippen LogP contribution in [-0.2, 0) is 14.3 Å². The van der Waals surface area contributed by atoms with E-state index in [1.807, 2.05) is 13.8 Å². The van der Waals surface area contributed by atoms with Gasteiger partial charge in [-0.3, -0.25) is 9.59 Å². The van der Waals surface area contributed by atoms with Crippen LogP contribution in [0.1, 0.15) is 46.0 Å². The highest BCUT2D eigenvalue weighted by Crippen LogP contribution is 2.25. The molecule has 0 aromatic rings. The molecule has 0 spiro atoms. The van der Waals surface area contributed by atoms with Gasteiger partial charge in [-0.15, -0.1) is 0 Å². The second-order valence-electron chi connectivity index (χ2n) is 5.29. The van der Waals surface area contributed by atoms with Crippen LogP contribution in [0.4, 0.5) is 0 Å². The van der Waals surface area contributed by atoms with Crippen molar-refractivity contribution in [3.63, 3.8) is 0 Å². The van der Waals surface area contributed by atoms with Gasteiger partial charge in [-0.1, -0.05) is 6.92 Å². The zero-order valence-corrected chi connectivity index (χ0v) is 12.0. The molecule has 1 amide bonds. The molecule has 5 nitrogen and oxygen atoms in total. The first-order valence-corrected chi connectivity index (χ1v) is 7.25. The third kappa shape index (κ3) is 5.19. The molecule has 1 saturated carbocycles. The van der Waals surface area contributed by atoms with Gasteiger partial charge in [0.1, 0.15) is 0 Å². The summed E-state index contributed by atoms with van der Waals surface area (Å²) < 4.78 is 5.03. The van der Waals surface area contributed by atoms with Crippen LogP contribution in [0, 0.1) is 11.8 Å². The summed E-state index contributed by atoms with van der Waals surface area (Å²) in [5, 5.41) is 3.05. The third-order valence-electron chi connectivity index (χ3n) is 3.74. The number of carbonyl (C=O) groups is 2. The number of nitrogens with two attached hydrogens (primary N) is 1. The van der Waals surface area contributed by atoms with Crippen LogP contribution < -0.4 is 11.1 Å². The van der Waals surface area contributed by atoms with E-state index in [1.165, 1.54) is 0 Å². The highest BCUT2D eigenvalue weighted by molar-refractivity contribution is 5.78. The molecule has 1 aliphatic carbocycles. The van der Waals surface area contributed by atoms with Crippen LogP contribution in [0.2, 0.25) is 0 Å². The van der Waals surface area contributed by atoms with Crippen molar-refractivity contribution < 1.29 is 14.3 Å². The lowest BCUT2D eigenvalue weighted by atomic mass is 9.86. The normalized spacial score (nSPS) is 24.6. The van der Waals surface area contributed by atoms with Crippen molar-refractivity contribution in [3.8, 4) is 0 Å². The Morgan fingerprint density at radius 2 is 1.95 bits per heavy atom. The van der Waals surface area contributed by atoms with Crippen molar-refractivity contribution in [3.05, 3.63) is 0 Å². The van der Waals surface area contributed by atoms with Crippen LogP contribution in [0.5, 0.6) is 0 Å². The van der Waals surface area contributed by atoms with Crippen LogP contribution in [0.3, 0.4) is 0 Å². The maximum absolute atomic E-state index is 11.9. The molecule has 0 bridgehead atoms. The van der Waals surface area contributed by atoms with Crippen molar-refractivity contribution in [2.24, 2.45) is 17.6 Å². The molecule has 0 heterocycles. The Morgan fingerprint density at radius 3 is 2.47 bits per heavy atom. The lowest BCUT2D eigenvalue weighted by molar-refractivity contribution is -0.149. The minimum absolute atomic E-state index is 0.00886. The first-order chi connectivity index (χ1) is 9.08. The number of rotatable bonds is 6. The number of hydrogen-bond acceptors (Lipinski definition) is 4. The predicted molar refractivity (Wildman–Crippen MR) is 73.4 cm³/mol. The lowest BCUT2D eigenvalue weighted by Gasteiger charge is -2.28. The van der Waals surface area contributed by atoms with Crippen molar-refractivity contribution in [2.45, 2.75) is 52.0 Å². The molecule has 0 aromatic carbocycles. The van der Waals surface area contributed by atoms with Crippen LogP contribution in [0.25, 0.3) is 0 Å². The quantitative estimate of drug-likeness (QED) is 0.711. The van der Waals surface area contributed by atoms with E-state index in [2.05, 4.69) is 5.32 Å². The number of esters is 1. The van der Waals surface area contributed by atoms with Gasteiger partial charge in [0.05, 0.1) is 12.5 Å². The Labute approximate surface area is 115 Å². The predicted octanol–water partition coefficient (Wildman–Crippen LogP) is 1.21. The lowest BCUT2D eigenvalue weighted by Crippen LogP contribution is -2.41. The molecule has 0 saturated heterocycles. The summed E-state index contributed by atoms with van der Waals surface area (Å²) in [4.78, 5) is 23.5. The van der Waals surface area contributed by atoms with E-state index in [0.717, 1.165) is 25.7 Å². The minimum Gasteiger partial charge on any atom is -0.466 e. The SMILES string of the molecule is CCOC(=O)C1CCC(NC(=O)C(C)CCN)CC1. The molecule has 1 atom stereocenters. The summed E-state index contributed by atoms with van der Waals surface area (Å²) in [5.74, 6) is -0.0452. The molecule has 3 N–H and O–H groups in total. The molecule has 1 rings (SSSR count). The topological polar surface area (TPSA) is 81.4 Å². The second kappa shape index (κ2) is 8.15. The highest BCUT2D eigenvalue weighted by Gasteiger charge is 2.28. The largest absolute Gasteiger partial charge is 0.466 e. The van der Waals surface area contributed by atoms with Crippen LogP contribution in [0.15, 0.2) is 0 Å². The molecule has 0 radical (unpaired) electrons. The van der Waals surface area contributed by atoms with E-state index in [-0.39, 0.29) is 29.8 Å². The van der Waals surface area contributed by atoms with Gasteiger partial charge in [-0.2, -0.15) is 0 Å². The zero-order valence-electron chi connectivity index (χ0n) is 12.0. The highest BCUT2D eigenvalue weighted by atomic mass is 16.5. The van der Waals surface area contributed by atoms with Gasteiger partial charge in [-0.05, 0) is 45.6 Å². The van der Waals surface area contributed by atoms with Crippen molar-refractivity contribution in [1.29, 1.82) is 0 Å². The van der Waals surface area contributed by atoms with Gasteiger partial charge in [0.25, 0.3) is 0 Å². The minimum atomic E-state index is -0.0937. The molecule has 0 aliphatic heterocycles. The van der Waals surface area contributed by atoms with Crippen molar-refractivity contribution in [1.82, 2.24) is 5.32 Å². The van der Waals surface area contributed by atoms with Gasteiger partial charge in [0.15, 0.2) is 0 Å². The van der Waals surface area contributed by atoms with E-state index in [9.17, 15) is 9.59 Å². The zero-order chi connectivity index (χ0) is 14.3. The van der Waals surface area contributed by atoms with Crippen LogP contribution in [-0.4, -0.2) is 31.1 Å². The molecule has 1 aliphatic rings. The number of ether oxygens (including phenoxy) is 1. The Balaban J connectivity index is 2.30. The molecule has 0 aromatic heterocycles. The number of amides is 1. The molecule has 1 unspecified atom stereocenters. The Hall–Kier alpha value is -1.10. The molecule has 1 fully saturated rings. The second-order valence-corrected chi connectivity index (χ2v) is 5.29. The smallest absolute Gasteiger partial charge is 0.308 e. The molecular weight excluding hydrogens is 244 g/mol. The summed E-state index contributed by atoms with van der Waals surface area (Å²) >= 11 is 0. The fraction of sp³-hybridized carbons (Fsp3) is 0.857. The Morgan fingerprint density at radius 1 is 1.32 bits per heavy atom. The summed E-state index contributed by atoms with van der Waals surface area (Å²) in [5.41, 5.74) is 5.45. The molecule has 19 heavy (non-hydrogen) atoms. The average molecular weight is 270 g/mol. The van der Waals surface area contributed by atoms with Gasteiger partial charge < -0.3 is 15.8 Å². The maximum Gasteiger partial charge on any atom is 0.308 e. The monoisotopic (exact) mass is 270 g/mol. The first kappa shape index (κ1) is 16.0. The van der Waals surface area contributed by atoms with Crippen LogP contribution >= 0.6 is 0 Å². The van der Waals surface area contributed by atoms with Gasteiger partial charge >= 0.3 is 5.97 Å². The number of carbonyl (C=O) groups excluding carboxylic acids is 2. The van der Waals surface area contributed by atoms with Crippen molar-refractivity contribution in [2.75, 3.05) is 13.2 Å². The average Bonchev–Trinajstić information content (AvgIpc) is 2.40. The third-order valence-corrected chi connectivity index (χ3v) is 3.74. The fourth-order valence-electron chi connectivity index (χ4n) is 2.46. The Kier molecular flexibility index (Phi) is 6.84. The maximum atomic E-state index is 11.9. The standard InChI is InChI=1S/C14H26N2O3/c1-3-19-14(18)11-4-6-12(7-5-11)16-13(17)10(2)8-9-15/h10-12H,3-9,15H2,1-2H3,(H,16,17). The molecular formula is C14H26N2O3. The number of nitrogens with one attached hydrogen (secondary N) is 1. The summed E-state index contributed by atoms with van der Waals surface area (Å²) in [6.07, 6.45) is 4.02. The van der Waals surface area contributed by atoms with E-state index in [0.29, 0.717) is 19.6 Å². The van der Waals surface area contributed by atoms with Gasteiger partial charge in [0, 0.05) is 12.0 Å². The fourth-order valence-corrected chi connectivity index (χ4v) is 2.46. The summed E-state index contributed by atoms with van der Waals surface area (Å²) in [6, 6.07) is 0.193. The van der Waals surface area contributed by atoms with E-state index >= 15 is 0 Å². The molecule has 5 heteroatoms. The van der Waals surface area contributed by atoms with E-state index < -0.39 is 0 Å². The van der Waals surface area contributed by atoms with Crippen molar-refractivity contribution >= 4 is 11.9 Å². The van der Waals surface area contributed by atoms with E-state index in [1.54, 1.807) is 0 Å². The van der Waals surface area contributed by atoms with E-state index in [4.69, 9.17) is 10.5 Å². The van der Waals surface area contributed by atoms with Gasteiger partial charge in [-0.25, -0.2) is 0 Å². The number of hydrogen-bond donors (Lipinski definition) is 2. The Bertz CT molecular complexity index is 299. The van der Waals surface area contributed by atoms with Gasteiger partial charge in [0.2, 0.25) is 5.91 Å². The summed E-state index contributed by atoms with van der Waals surface area (Å²) in [6.45, 7) is 4.69. The first-order valence-electron chi connectivity index (χ1n) is 7.25. The summed E-state index contributed by atoms with van der Waals surface area (Å²) in [7, 11) is 0.